The Hall–Kier alpha value is -1.06. The first kappa shape index (κ1) is 40.0. The molecule has 11 nitrogen and oxygen atoms in total. The van der Waals surface area contributed by atoms with Gasteiger partial charge in [0.1, 0.15) is 11.9 Å². The van der Waals surface area contributed by atoms with Crippen LogP contribution in [0.15, 0.2) is 0 Å². The van der Waals surface area contributed by atoms with Crippen LogP contribution >= 0.6 is 22.6 Å². The summed E-state index contributed by atoms with van der Waals surface area (Å²) in [5.74, 6) is 0.532. The number of tetrazole rings is 1. The minimum atomic E-state index is -3.51. The van der Waals surface area contributed by atoms with Crippen molar-refractivity contribution in [1.29, 1.82) is 0 Å². The molecule has 0 aliphatic heterocycles. The largest absolute Gasteiger partial charge is 0.433 e. The Bertz CT molecular complexity index is 957. The van der Waals surface area contributed by atoms with Gasteiger partial charge in [-0.3, -0.25) is 0 Å². The second-order valence-corrected chi connectivity index (χ2v) is 15.9. The fourth-order valence-electron chi connectivity index (χ4n) is 4.93. The number of unbranched alkanes of at least 4 members (excludes halogenated alkanes) is 15. The summed E-state index contributed by atoms with van der Waals surface area (Å²) in [6, 6.07) is -0.593. The number of alkyl halides is 1. The van der Waals surface area contributed by atoms with Crippen LogP contribution in [0.1, 0.15) is 128 Å². The van der Waals surface area contributed by atoms with Crippen LogP contribution in [0, 0.1) is 6.92 Å². The summed E-state index contributed by atoms with van der Waals surface area (Å²) in [6.07, 6.45) is 20.9. The van der Waals surface area contributed by atoms with E-state index < -0.39 is 26.3 Å². The first-order valence-electron chi connectivity index (χ1n) is 16.6. The second-order valence-electron chi connectivity index (χ2n) is 12.8. The van der Waals surface area contributed by atoms with Gasteiger partial charge in [0.25, 0.3) is 0 Å². The van der Waals surface area contributed by atoms with Gasteiger partial charge < -0.3 is 14.5 Å². The molecule has 1 amide bonds. The minimum Gasteiger partial charge on any atom is -0.433 e. The molecule has 0 saturated heterocycles. The van der Waals surface area contributed by atoms with Gasteiger partial charge in [-0.25, -0.2) is 22.6 Å². The first-order chi connectivity index (χ1) is 20.4. The van der Waals surface area contributed by atoms with Crippen molar-refractivity contribution in [3.05, 3.63) is 5.82 Å². The van der Waals surface area contributed by atoms with E-state index in [1.807, 2.05) is 43.7 Å². The lowest BCUT2D eigenvalue weighted by atomic mass is 10.0. The van der Waals surface area contributed by atoms with Crippen LogP contribution in [0.5, 0.6) is 0 Å². The number of hydrogen-bond donors (Lipinski definition) is 2. The third-order valence-corrected chi connectivity index (χ3v) is 10.1. The number of hydrogen-bond acceptors (Lipinski definition) is 7. The monoisotopic (exact) mass is 742 g/mol. The second kappa shape index (κ2) is 23.3. The molecule has 0 aromatic carbocycles. The number of carbonyl (C=O) groups excluding carboxylic acids is 1. The van der Waals surface area contributed by atoms with Crippen molar-refractivity contribution in [2.24, 2.45) is 0 Å². The minimum absolute atomic E-state index is 0.0125. The number of quaternary nitrogens is 1. The van der Waals surface area contributed by atoms with Crippen molar-refractivity contribution < 1.29 is 22.4 Å². The lowest BCUT2D eigenvalue weighted by Gasteiger charge is -2.25. The van der Waals surface area contributed by atoms with E-state index >= 15 is 0 Å². The van der Waals surface area contributed by atoms with Crippen LogP contribution in [0.4, 0.5) is 4.79 Å². The van der Waals surface area contributed by atoms with Crippen molar-refractivity contribution in [3.63, 3.8) is 0 Å². The van der Waals surface area contributed by atoms with Crippen molar-refractivity contribution in [2.75, 3.05) is 46.5 Å². The molecule has 252 valence electrons. The number of sulfonamides is 1. The summed E-state index contributed by atoms with van der Waals surface area (Å²) in [5, 5.41) is 14.4. The van der Waals surface area contributed by atoms with Crippen LogP contribution < -0.4 is 10.0 Å². The fraction of sp³-hybridized carbons (Fsp3) is 0.933. The predicted octanol–water partition coefficient (Wildman–Crippen LogP) is 6.29. The SMILES string of the molecule is CCCCCCCCCCCCCCCCCCNC(=O)OC(I)C(CNS(=O)(=O)CCC[N+](C)(C)C)n1nnnc1C. The van der Waals surface area contributed by atoms with Crippen LogP contribution in [-0.4, -0.2) is 89.8 Å². The summed E-state index contributed by atoms with van der Waals surface area (Å²) in [7, 11) is 2.58. The Morgan fingerprint density at radius 1 is 0.884 bits per heavy atom. The van der Waals surface area contributed by atoms with E-state index in [0.717, 1.165) is 19.4 Å². The highest BCUT2D eigenvalue weighted by Crippen LogP contribution is 2.21. The van der Waals surface area contributed by atoms with Gasteiger partial charge >= 0.3 is 6.09 Å². The van der Waals surface area contributed by atoms with Gasteiger partial charge in [0.05, 0.1) is 33.4 Å². The average Bonchev–Trinajstić information content (AvgIpc) is 3.34. The van der Waals surface area contributed by atoms with Gasteiger partial charge in [-0.05, 0) is 46.4 Å². The zero-order valence-electron chi connectivity index (χ0n) is 27.7. The van der Waals surface area contributed by atoms with Gasteiger partial charge in [-0.2, -0.15) is 0 Å². The number of amides is 1. The zero-order valence-corrected chi connectivity index (χ0v) is 30.6. The first-order valence-corrected chi connectivity index (χ1v) is 19.5. The molecule has 1 rings (SSSR count). The Morgan fingerprint density at radius 2 is 1.40 bits per heavy atom. The number of rotatable bonds is 27. The Balaban J connectivity index is 2.22. The molecule has 0 spiro atoms. The normalized spacial score (nSPS) is 13.6. The van der Waals surface area contributed by atoms with E-state index in [4.69, 9.17) is 4.74 Å². The van der Waals surface area contributed by atoms with Gasteiger partial charge in [-0.1, -0.05) is 103 Å². The third kappa shape index (κ3) is 21.3. The highest BCUT2D eigenvalue weighted by Gasteiger charge is 2.29. The van der Waals surface area contributed by atoms with Gasteiger partial charge in [0.2, 0.25) is 10.0 Å². The molecule has 0 fully saturated rings. The molecular formula is C30H61IN7O4S+. The Labute approximate surface area is 275 Å². The van der Waals surface area contributed by atoms with E-state index in [0.29, 0.717) is 23.3 Å². The fourth-order valence-corrected chi connectivity index (χ4v) is 6.80. The summed E-state index contributed by atoms with van der Waals surface area (Å²) in [5.41, 5.74) is 0. The molecule has 0 radical (unpaired) electrons. The maximum absolute atomic E-state index is 12.6. The standard InChI is InChI=1S/C30H60IN7O4S/c1-6-7-8-9-10-11-12-13-14-15-16-17-18-19-20-21-23-32-30(39)42-29(31)28(37-27(2)34-35-36-37)26-33-43(40,41)25-22-24-38(3,4)5/h28-29,33H,6-26H2,1-5H3/p+1. The van der Waals surface area contributed by atoms with Gasteiger partial charge in [0, 0.05) is 19.5 Å². The number of ether oxygens (including phenoxy) is 1. The van der Waals surface area contributed by atoms with Crippen molar-refractivity contribution in [3.8, 4) is 0 Å². The molecule has 0 bridgehead atoms. The van der Waals surface area contributed by atoms with Crippen LogP contribution in [0.2, 0.25) is 0 Å². The van der Waals surface area contributed by atoms with E-state index in [-0.39, 0.29) is 12.3 Å². The number of halogens is 1. The number of nitrogens with one attached hydrogen (secondary N) is 2. The Kier molecular flexibility index (Phi) is 21.7. The molecule has 2 atom stereocenters. The van der Waals surface area contributed by atoms with Crippen LogP contribution in [-0.2, 0) is 14.8 Å². The van der Waals surface area contributed by atoms with Crippen LogP contribution in [0.3, 0.4) is 0 Å². The molecule has 2 unspecified atom stereocenters. The summed E-state index contributed by atoms with van der Waals surface area (Å²) < 4.78 is 35.0. The predicted molar refractivity (Wildman–Crippen MR) is 183 cm³/mol. The van der Waals surface area contributed by atoms with E-state index in [1.54, 1.807) is 6.92 Å². The van der Waals surface area contributed by atoms with Gasteiger partial charge in [0.15, 0.2) is 4.11 Å². The van der Waals surface area contributed by atoms with Crippen molar-refractivity contribution in [1.82, 2.24) is 30.2 Å². The highest BCUT2D eigenvalue weighted by molar-refractivity contribution is 14.1. The third-order valence-electron chi connectivity index (χ3n) is 7.55. The van der Waals surface area contributed by atoms with Gasteiger partial charge in [-0.15, -0.1) is 5.10 Å². The molecule has 1 aromatic heterocycles. The summed E-state index contributed by atoms with van der Waals surface area (Å²) in [4.78, 5) is 12.5. The maximum atomic E-state index is 12.6. The molecule has 43 heavy (non-hydrogen) atoms. The van der Waals surface area contributed by atoms with Crippen molar-refractivity contribution >= 4 is 38.7 Å². The maximum Gasteiger partial charge on any atom is 0.408 e. The summed E-state index contributed by atoms with van der Waals surface area (Å²) >= 11 is 2.00. The zero-order chi connectivity index (χ0) is 32.0. The van der Waals surface area contributed by atoms with Crippen LogP contribution in [0.25, 0.3) is 0 Å². The molecule has 1 heterocycles. The van der Waals surface area contributed by atoms with E-state index in [2.05, 4.69) is 32.5 Å². The molecule has 2 N–H and O–H groups in total. The molecule has 0 aliphatic rings. The molecule has 13 heteroatoms. The van der Waals surface area contributed by atoms with E-state index in [9.17, 15) is 13.2 Å². The molecule has 1 aromatic rings. The smallest absolute Gasteiger partial charge is 0.408 e. The lowest BCUT2D eigenvalue weighted by Crippen LogP contribution is -2.40. The highest BCUT2D eigenvalue weighted by atomic mass is 127. The quantitative estimate of drug-likeness (QED) is 0.0470. The number of nitrogens with zero attached hydrogens (tertiary/aromatic N) is 5. The van der Waals surface area contributed by atoms with E-state index in [1.165, 1.54) is 94.6 Å². The number of carbonyl (C=O) groups is 1. The lowest BCUT2D eigenvalue weighted by molar-refractivity contribution is -0.870. The molecular weight excluding hydrogens is 681 g/mol. The van der Waals surface area contributed by atoms with Crippen molar-refractivity contribution in [2.45, 2.75) is 133 Å². The summed E-state index contributed by atoms with van der Waals surface area (Å²) in [6.45, 7) is 5.30. The molecule has 0 aliphatic carbocycles. The number of aryl methyl sites for hydroxylation is 1. The molecule has 0 saturated carbocycles. The number of aromatic nitrogens is 4. The Morgan fingerprint density at radius 3 is 1.86 bits per heavy atom. The topological polar surface area (TPSA) is 128 Å². The number of alkyl carbamates (subject to hydrolysis) is 1. The average molecular weight is 743 g/mol.